The Morgan fingerprint density at radius 2 is 2.21 bits per heavy atom. The summed E-state index contributed by atoms with van der Waals surface area (Å²) in [5.41, 5.74) is 0. The number of hydrogen-bond acceptors (Lipinski definition) is 3. The Morgan fingerprint density at radius 1 is 1.50 bits per heavy atom. The number of aliphatic hydroxyl groups excluding tert-OH is 1. The van der Waals surface area contributed by atoms with Gasteiger partial charge in [0.2, 0.25) is 5.91 Å². The fourth-order valence-corrected chi connectivity index (χ4v) is 1.73. The van der Waals surface area contributed by atoms with Crippen molar-refractivity contribution in [2.75, 3.05) is 33.3 Å². The Kier molecular flexibility index (Phi) is 4.35. The topological polar surface area (TPSA) is 43.8 Å². The lowest BCUT2D eigenvalue weighted by Crippen LogP contribution is -2.57. The molecule has 1 atom stereocenters. The van der Waals surface area contributed by atoms with Crippen LogP contribution < -0.4 is 0 Å². The molecule has 0 spiro atoms. The number of nitrogens with zero attached hydrogens (tertiary/aromatic N) is 2. The smallest absolute Gasteiger partial charge is 0.242 e. The molecule has 0 aromatic rings. The highest BCUT2D eigenvalue weighted by Crippen LogP contribution is 2.09. The molecular weight excluding hydrogens is 180 g/mol. The molecule has 1 aliphatic rings. The summed E-state index contributed by atoms with van der Waals surface area (Å²) in [7, 11) is 1.88. The van der Waals surface area contributed by atoms with Gasteiger partial charge in [0.25, 0.3) is 0 Å². The van der Waals surface area contributed by atoms with Gasteiger partial charge in [-0.15, -0.1) is 0 Å². The first-order valence-corrected chi connectivity index (χ1v) is 5.30. The molecule has 1 heterocycles. The predicted octanol–water partition coefficient (Wildman–Crippen LogP) is -0.0786. The van der Waals surface area contributed by atoms with Crippen molar-refractivity contribution in [1.29, 1.82) is 0 Å². The number of likely N-dealkylation sites (N-methyl/N-ethyl adjacent to an activating group) is 1. The fourth-order valence-electron chi connectivity index (χ4n) is 1.73. The van der Waals surface area contributed by atoms with E-state index in [-0.39, 0.29) is 18.6 Å². The van der Waals surface area contributed by atoms with Gasteiger partial charge in [-0.3, -0.25) is 9.69 Å². The molecule has 0 aromatic carbocycles. The summed E-state index contributed by atoms with van der Waals surface area (Å²) in [6, 6.07) is -0.319. The van der Waals surface area contributed by atoms with Gasteiger partial charge >= 0.3 is 0 Å². The maximum atomic E-state index is 11.8. The van der Waals surface area contributed by atoms with E-state index in [0.29, 0.717) is 0 Å². The zero-order chi connectivity index (χ0) is 10.6. The first-order chi connectivity index (χ1) is 6.70. The molecule has 14 heavy (non-hydrogen) atoms. The Hall–Kier alpha value is -0.610. The van der Waals surface area contributed by atoms with Crippen molar-refractivity contribution in [3.8, 4) is 0 Å². The minimum atomic E-state index is -0.319. The zero-order valence-electron chi connectivity index (χ0n) is 9.07. The molecule has 1 saturated heterocycles. The van der Waals surface area contributed by atoms with Crippen LogP contribution in [0.1, 0.15) is 19.8 Å². The van der Waals surface area contributed by atoms with Gasteiger partial charge in [-0.2, -0.15) is 0 Å². The third-order valence-electron chi connectivity index (χ3n) is 2.81. The molecule has 0 aromatic heterocycles. The number of amides is 1. The van der Waals surface area contributed by atoms with Gasteiger partial charge in [0.05, 0.1) is 6.61 Å². The standard InChI is InChI=1S/C10H20N2O2/c1-3-4-5-12-7-6-11(2)9(8-13)10(12)14/h9,13H,3-8H2,1-2H3. The van der Waals surface area contributed by atoms with Gasteiger partial charge in [0, 0.05) is 19.6 Å². The van der Waals surface area contributed by atoms with Crippen LogP contribution in [0.3, 0.4) is 0 Å². The molecular formula is C10H20N2O2. The highest BCUT2D eigenvalue weighted by atomic mass is 16.3. The average Bonchev–Trinajstić information content (AvgIpc) is 2.18. The van der Waals surface area contributed by atoms with Crippen LogP contribution in [0, 0.1) is 0 Å². The highest BCUT2D eigenvalue weighted by molar-refractivity contribution is 5.82. The van der Waals surface area contributed by atoms with Crippen molar-refractivity contribution in [2.45, 2.75) is 25.8 Å². The quantitative estimate of drug-likeness (QED) is 0.690. The zero-order valence-corrected chi connectivity index (χ0v) is 9.07. The maximum Gasteiger partial charge on any atom is 0.242 e. The van der Waals surface area contributed by atoms with Crippen LogP contribution in [0.2, 0.25) is 0 Å². The first-order valence-electron chi connectivity index (χ1n) is 5.30. The molecule has 4 nitrogen and oxygen atoms in total. The van der Waals surface area contributed by atoms with Crippen LogP contribution >= 0.6 is 0 Å². The summed E-state index contributed by atoms with van der Waals surface area (Å²) in [5, 5.41) is 9.09. The van der Waals surface area contributed by atoms with Crippen LogP contribution in [0.4, 0.5) is 0 Å². The molecule has 1 amide bonds. The predicted molar refractivity (Wildman–Crippen MR) is 55.0 cm³/mol. The molecule has 1 N–H and O–H groups in total. The van der Waals surface area contributed by atoms with E-state index in [1.54, 1.807) is 0 Å². The van der Waals surface area contributed by atoms with E-state index >= 15 is 0 Å². The Balaban J connectivity index is 2.50. The van der Waals surface area contributed by atoms with E-state index in [2.05, 4.69) is 6.92 Å². The molecule has 82 valence electrons. The van der Waals surface area contributed by atoms with E-state index in [1.165, 1.54) is 0 Å². The Bertz CT molecular complexity index is 195. The van der Waals surface area contributed by atoms with Gasteiger partial charge < -0.3 is 10.0 Å². The average molecular weight is 200 g/mol. The molecule has 0 radical (unpaired) electrons. The number of hydrogen-bond donors (Lipinski definition) is 1. The minimum Gasteiger partial charge on any atom is -0.394 e. The van der Waals surface area contributed by atoms with Crippen molar-refractivity contribution in [2.24, 2.45) is 0 Å². The van der Waals surface area contributed by atoms with E-state index in [1.807, 2.05) is 16.8 Å². The van der Waals surface area contributed by atoms with E-state index < -0.39 is 0 Å². The lowest BCUT2D eigenvalue weighted by atomic mass is 10.1. The second-order valence-corrected chi connectivity index (χ2v) is 3.86. The van der Waals surface area contributed by atoms with Crippen LogP contribution in [0.5, 0.6) is 0 Å². The third-order valence-corrected chi connectivity index (χ3v) is 2.81. The lowest BCUT2D eigenvalue weighted by molar-refractivity contribution is -0.142. The van der Waals surface area contributed by atoms with Gasteiger partial charge in [-0.25, -0.2) is 0 Å². The monoisotopic (exact) mass is 200 g/mol. The largest absolute Gasteiger partial charge is 0.394 e. The third kappa shape index (κ3) is 2.45. The summed E-state index contributed by atoms with van der Waals surface area (Å²) in [4.78, 5) is 15.6. The van der Waals surface area contributed by atoms with Gasteiger partial charge in [-0.1, -0.05) is 13.3 Å². The van der Waals surface area contributed by atoms with Gasteiger partial charge in [-0.05, 0) is 13.5 Å². The van der Waals surface area contributed by atoms with Gasteiger partial charge in [0.1, 0.15) is 6.04 Å². The number of carbonyl (C=O) groups is 1. The van der Waals surface area contributed by atoms with E-state index in [4.69, 9.17) is 5.11 Å². The SMILES string of the molecule is CCCCN1CCN(C)C(CO)C1=O. The number of rotatable bonds is 4. The number of aliphatic hydroxyl groups is 1. The molecule has 0 bridgehead atoms. The molecule has 1 fully saturated rings. The minimum absolute atomic E-state index is 0.0715. The first kappa shape index (κ1) is 11.5. The van der Waals surface area contributed by atoms with Crippen LogP contribution in [-0.4, -0.2) is 60.1 Å². The fraction of sp³-hybridized carbons (Fsp3) is 0.900. The summed E-state index contributed by atoms with van der Waals surface area (Å²) < 4.78 is 0. The van der Waals surface area contributed by atoms with Crippen molar-refractivity contribution in [3.63, 3.8) is 0 Å². The second kappa shape index (κ2) is 5.32. The normalized spacial score (nSPS) is 24.4. The molecule has 0 aliphatic carbocycles. The summed E-state index contributed by atoms with van der Waals surface area (Å²) in [5.74, 6) is 0.0784. The maximum absolute atomic E-state index is 11.8. The van der Waals surface area contributed by atoms with Crippen LogP contribution in [0.25, 0.3) is 0 Å². The van der Waals surface area contributed by atoms with Crippen molar-refractivity contribution in [1.82, 2.24) is 9.80 Å². The van der Waals surface area contributed by atoms with Crippen LogP contribution in [0.15, 0.2) is 0 Å². The van der Waals surface area contributed by atoms with Crippen molar-refractivity contribution < 1.29 is 9.90 Å². The molecule has 1 unspecified atom stereocenters. The van der Waals surface area contributed by atoms with Crippen molar-refractivity contribution in [3.05, 3.63) is 0 Å². The summed E-state index contributed by atoms with van der Waals surface area (Å²) in [6.07, 6.45) is 2.15. The summed E-state index contributed by atoms with van der Waals surface area (Å²) >= 11 is 0. The Labute approximate surface area is 85.5 Å². The highest BCUT2D eigenvalue weighted by Gasteiger charge is 2.31. The molecule has 1 rings (SSSR count). The summed E-state index contributed by atoms with van der Waals surface area (Å²) in [6.45, 7) is 4.54. The number of unbranched alkanes of at least 4 members (excludes halogenated alkanes) is 1. The van der Waals surface area contributed by atoms with Crippen LogP contribution in [-0.2, 0) is 4.79 Å². The Morgan fingerprint density at radius 3 is 2.79 bits per heavy atom. The van der Waals surface area contributed by atoms with E-state index in [0.717, 1.165) is 32.5 Å². The number of piperazine rings is 1. The molecule has 0 saturated carbocycles. The molecule has 1 aliphatic heterocycles. The van der Waals surface area contributed by atoms with Gasteiger partial charge in [0.15, 0.2) is 0 Å². The molecule has 4 heteroatoms. The van der Waals surface area contributed by atoms with E-state index in [9.17, 15) is 4.79 Å². The lowest BCUT2D eigenvalue weighted by Gasteiger charge is -2.37. The second-order valence-electron chi connectivity index (χ2n) is 3.86. The number of carbonyl (C=O) groups excluding carboxylic acids is 1. The van der Waals surface area contributed by atoms with Crippen molar-refractivity contribution >= 4 is 5.91 Å².